The summed E-state index contributed by atoms with van der Waals surface area (Å²) < 4.78 is 1.07. The molecule has 0 saturated carbocycles. The number of H-pyrrole nitrogens is 1. The van der Waals surface area contributed by atoms with Gasteiger partial charge in [0.15, 0.2) is 0 Å². The third-order valence-corrected chi connectivity index (χ3v) is 6.08. The highest BCUT2D eigenvalue weighted by Gasteiger charge is 2.18. The Kier molecular flexibility index (Phi) is 4.48. The lowest BCUT2D eigenvalue weighted by molar-refractivity contribution is 0.101. The molecule has 5 aromatic rings. The van der Waals surface area contributed by atoms with Crippen molar-refractivity contribution in [1.82, 2.24) is 14.6 Å². The number of para-hydroxylation sites is 1. The maximum atomic E-state index is 13.3. The van der Waals surface area contributed by atoms with E-state index in [0.717, 1.165) is 20.7 Å². The van der Waals surface area contributed by atoms with Gasteiger partial charge in [0.1, 0.15) is 11.2 Å². The van der Waals surface area contributed by atoms with Crippen LogP contribution < -0.4 is 16.5 Å². The van der Waals surface area contributed by atoms with E-state index in [0.29, 0.717) is 21.1 Å². The summed E-state index contributed by atoms with van der Waals surface area (Å²) in [5.74, 6) is -0.571. The van der Waals surface area contributed by atoms with Crippen LogP contribution in [0.2, 0.25) is 0 Å². The summed E-state index contributed by atoms with van der Waals surface area (Å²) in [6.45, 7) is 1.94. The van der Waals surface area contributed by atoms with Crippen LogP contribution in [0.1, 0.15) is 15.2 Å². The third kappa shape index (κ3) is 3.23. The Morgan fingerprint density at radius 3 is 2.61 bits per heavy atom. The van der Waals surface area contributed by atoms with Gasteiger partial charge in [0, 0.05) is 27.4 Å². The minimum Gasteiger partial charge on any atom is -0.322 e. The van der Waals surface area contributed by atoms with E-state index in [1.807, 2.05) is 37.3 Å². The van der Waals surface area contributed by atoms with E-state index in [1.54, 1.807) is 24.3 Å². The topological polar surface area (TPSA) is 96.8 Å². The number of benzene rings is 2. The van der Waals surface area contributed by atoms with Gasteiger partial charge in [-0.1, -0.05) is 48.5 Å². The molecule has 0 aliphatic rings. The van der Waals surface area contributed by atoms with Crippen molar-refractivity contribution in [2.45, 2.75) is 6.92 Å². The average Bonchev–Trinajstić information content (AvgIpc) is 3.12. The predicted octanol–water partition coefficient (Wildman–Crippen LogP) is 3.66. The number of carbonyl (C=O) groups excluding carboxylic acids is 1. The first-order valence-corrected chi connectivity index (χ1v) is 10.3. The summed E-state index contributed by atoms with van der Waals surface area (Å²) in [4.78, 5) is 46.9. The number of fused-ring (bicyclic) bond motifs is 2. The second kappa shape index (κ2) is 7.33. The molecular weight excluding hydrogens is 412 g/mol. The normalized spacial score (nSPS) is 11.1. The van der Waals surface area contributed by atoms with Crippen molar-refractivity contribution in [3.63, 3.8) is 0 Å². The molecule has 5 rings (SSSR count). The lowest BCUT2D eigenvalue weighted by Gasteiger charge is -2.10. The Hall–Kier alpha value is -4.04. The Bertz CT molecular complexity index is 1580. The van der Waals surface area contributed by atoms with Crippen LogP contribution in [-0.2, 0) is 0 Å². The second-order valence-electron chi connectivity index (χ2n) is 7.03. The van der Waals surface area contributed by atoms with Crippen molar-refractivity contribution in [1.29, 1.82) is 0 Å². The first-order valence-electron chi connectivity index (χ1n) is 9.52. The number of hydrogen-bond donors (Lipinski definition) is 2. The van der Waals surface area contributed by atoms with Gasteiger partial charge < -0.3 is 4.98 Å². The molecule has 3 heterocycles. The second-order valence-corrected chi connectivity index (χ2v) is 8.24. The number of thiophene rings is 1. The average molecular weight is 428 g/mol. The maximum Gasteiger partial charge on any atom is 0.281 e. The number of aromatic nitrogens is 3. The van der Waals surface area contributed by atoms with Crippen LogP contribution >= 0.6 is 11.3 Å². The van der Waals surface area contributed by atoms with Gasteiger partial charge in [-0.25, -0.2) is 9.66 Å². The Morgan fingerprint density at radius 1 is 1.06 bits per heavy atom. The summed E-state index contributed by atoms with van der Waals surface area (Å²) in [6, 6.07) is 17.8. The number of nitrogens with zero attached hydrogens (tertiary/aromatic N) is 2. The highest BCUT2D eigenvalue weighted by molar-refractivity contribution is 7.19. The number of aromatic amines is 1. The molecule has 0 aliphatic heterocycles. The molecule has 0 saturated heterocycles. The maximum absolute atomic E-state index is 13.3. The van der Waals surface area contributed by atoms with E-state index in [4.69, 9.17) is 0 Å². The lowest BCUT2D eigenvalue weighted by Crippen LogP contribution is -2.33. The monoisotopic (exact) mass is 428 g/mol. The van der Waals surface area contributed by atoms with Gasteiger partial charge in [-0.05, 0) is 18.6 Å². The molecule has 7 nitrogen and oxygen atoms in total. The minimum atomic E-state index is -0.571. The van der Waals surface area contributed by atoms with Crippen LogP contribution in [0.5, 0.6) is 0 Å². The van der Waals surface area contributed by atoms with Gasteiger partial charge in [0.25, 0.3) is 11.5 Å². The molecule has 8 heteroatoms. The molecule has 2 N–H and O–H groups in total. The molecule has 31 heavy (non-hydrogen) atoms. The van der Waals surface area contributed by atoms with Crippen LogP contribution in [0.4, 0.5) is 0 Å². The fourth-order valence-electron chi connectivity index (χ4n) is 3.70. The molecule has 0 aliphatic carbocycles. The number of amides is 1. The molecule has 3 aromatic heterocycles. The number of hydrogen-bond acceptors (Lipinski definition) is 5. The van der Waals surface area contributed by atoms with Gasteiger partial charge in [-0.3, -0.25) is 19.8 Å². The number of aryl methyl sites for hydroxylation is 1. The van der Waals surface area contributed by atoms with E-state index in [2.05, 4.69) is 15.4 Å². The summed E-state index contributed by atoms with van der Waals surface area (Å²) >= 11 is 1.43. The van der Waals surface area contributed by atoms with Crippen LogP contribution in [0.25, 0.3) is 32.2 Å². The van der Waals surface area contributed by atoms with Gasteiger partial charge in [0.05, 0.1) is 10.9 Å². The summed E-state index contributed by atoms with van der Waals surface area (Å²) in [6.07, 6.45) is 1.29. The molecule has 152 valence electrons. The van der Waals surface area contributed by atoms with E-state index >= 15 is 0 Å². The number of rotatable bonds is 3. The first-order chi connectivity index (χ1) is 15.0. The van der Waals surface area contributed by atoms with Crippen LogP contribution in [-0.4, -0.2) is 20.6 Å². The number of pyridine rings is 1. The fraction of sp³-hybridized carbons (Fsp3) is 0.0435. The van der Waals surface area contributed by atoms with E-state index in [1.165, 1.54) is 23.7 Å². The first kappa shape index (κ1) is 19.0. The predicted molar refractivity (Wildman–Crippen MR) is 122 cm³/mol. The molecule has 0 atom stereocenters. The molecule has 0 fully saturated rings. The Balaban J connectivity index is 1.63. The number of carbonyl (C=O) groups is 1. The zero-order chi connectivity index (χ0) is 21.5. The number of nitrogens with one attached hydrogen (secondary N) is 2. The van der Waals surface area contributed by atoms with Crippen LogP contribution in [0.15, 0.2) is 76.6 Å². The zero-order valence-electron chi connectivity index (χ0n) is 16.4. The van der Waals surface area contributed by atoms with E-state index in [9.17, 15) is 14.4 Å². The molecular formula is C23H16N4O3S. The van der Waals surface area contributed by atoms with Crippen molar-refractivity contribution in [3.05, 3.63) is 98.1 Å². The molecule has 0 radical (unpaired) electrons. The van der Waals surface area contributed by atoms with Crippen molar-refractivity contribution in [2.24, 2.45) is 0 Å². The largest absolute Gasteiger partial charge is 0.322 e. The SMILES string of the molecule is Cc1sc2ncn(NC(=O)c3cc(=O)[nH]c4ccccc34)c(=O)c2c1-c1ccccc1. The van der Waals surface area contributed by atoms with Gasteiger partial charge in [-0.15, -0.1) is 11.3 Å². The minimum absolute atomic E-state index is 0.177. The quantitative estimate of drug-likeness (QED) is 0.458. The Morgan fingerprint density at radius 2 is 1.81 bits per heavy atom. The van der Waals surface area contributed by atoms with Crippen molar-refractivity contribution in [3.8, 4) is 11.1 Å². The molecule has 0 spiro atoms. The fourth-order valence-corrected chi connectivity index (χ4v) is 4.70. The smallest absolute Gasteiger partial charge is 0.281 e. The highest BCUT2D eigenvalue weighted by atomic mass is 32.1. The lowest BCUT2D eigenvalue weighted by atomic mass is 10.0. The Labute approximate surface area is 179 Å². The van der Waals surface area contributed by atoms with E-state index < -0.39 is 11.5 Å². The summed E-state index contributed by atoms with van der Waals surface area (Å²) in [7, 11) is 0. The van der Waals surface area contributed by atoms with Crippen molar-refractivity contribution >= 4 is 38.4 Å². The molecule has 0 bridgehead atoms. The third-order valence-electron chi connectivity index (χ3n) is 5.07. The zero-order valence-corrected chi connectivity index (χ0v) is 17.2. The molecule has 0 unspecified atom stereocenters. The van der Waals surface area contributed by atoms with Gasteiger partial charge in [-0.2, -0.15) is 0 Å². The molecule has 1 amide bonds. The van der Waals surface area contributed by atoms with Gasteiger partial charge >= 0.3 is 0 Å². The van der Waals surface area contributed by atoms with Gasteiger partial charge in [0.2, 0.25) is 5.56 Å². The van der Waals surface area contributed by atoms with E-state index in [-0.39, 0.29) is 11.1 Å². The van der Waals surface area contributed by atoms with Crippen molar-refractivity contribution < 1.29 is 4.79 Å². The van der Waals surface area contributed by atoms with Crippen LogP contribution in [0, 0.1) is 6.92 Å². The van der Waals surface area contributed by atoms with Crippen LogP contribution in [0.3, 0.4) is 0 Å². The van der Waals surface area contributed by atoms with Crippen molar-refractivity contribution in [2.75, 3.05) is 5.43 Å². The summed E-state index contributed by atoms with van der Waals surface area (Å²) in [5, 5.41) is 1.03. The molecule has 2 aromatic carbocycles. The highest BCUT2D eigenvalue weighted by Crippen LogP contribution is 2.35. The summed E-state index contributed by atoms with van der Waals surface area (Å²) in [5.41, 5.74) is 4.24. The standard InChI is InChI=1S/C23H16N4O3S/c1-13-19(14-7-3-2-4-8-14)20-22(31-13)24-12-27(23(20)30)26-21(29)16-11-18(28)25-17-10-6-5-9-15(16)17/h2-12H,1H3,(H,25,28)(H,26,29).